The van der Waals surface area contributed by atoms with Crippen LogP contribution in [0.5, 0.6) is 0 Å². The van der Waals surface area contributed by atoms with Crippen molar-refractivity contribution in [2.45, 2.75) is 39.7 Å². The Morgan fingerprint density at radius 2 is 1.71 bits per heavy atom. The van der Waals surface area contributed by atoms with Gasteiger partial charge in [0.1, 0.15) is 11.9 Å². The van der Waals surface area contributed by atoms with Gasteiger partial charge in [-0.3, -0.25) is 14.4 Å². The highest BCUT2D eigenvalue weighted by atomic mass is 19.1. The normalized spacial score (nSPS) is 11.9. The monoisotopic (exact) mass is 398 g/mol. The number of amides is 3. The van der Waals surface area contributed by atoms with Crippen molar-refractivity contribution in [3.63, 3.8) is 0 Å². The Labute approximate surface area is 164 Å². The summed E-state index contributed by atoms with van der Waals surface area (Å²) in [7, 11) is 3.01. The summed E-state index contributed by atoms with van der Waals surface area (Å²) >= 11 is 0. The van der Waals surface area contributed by atoms with Gasteiger partial charge in [0.15, 0.2) is 11.5 Å². The topological polar surface area (TPSA) is 82.6 Å². The SMILES string of the molecule is CC(=O)NC(CCC(C)C)C(=O)N(C)CCN(C)C(=O)c1ncc(F)cc1F. The van der Waals surface area contributed by atoms with Gasteiger partial charge < -0.3 is 15.1 Å². The molecule has 0 bridgehead atoms. The van der Waals surface area contributed by atoms with E-state index in [2.05, 4.69) is 10.3 Å². The van der Waals surface area contributed by atoms with E-state index in [1.54, 1.807) is 7.05 Å². The number of nitrogens with zero attached hydrogens (tertiary/aromatic N) is 3. The molecule has 1 atom stereocenters. The molecule has 0 spiro atoms. The molecule has 9 heteroatoms. The third kappa shape index (κ3) is 7.21. The summed E-state index contributed by atoms with van der Waals surface area (Å²) < 4.78 is 26.6. The summed E-state index contributed by atoms with van der Waals surface area (Å²) in [5.41, 5.74) is -0.481. The van der Waals surface area contributed by atoms with Gasteiger partial charge in [-0.15, -0.1) is 0 Å². The lowest BCUT2D eigenvalue weighted by atomic mass is 10.0. The van der Waals surface area contributed by atoms with Gasteiger partial charge in [0.2, 0.25) is 11.8 Å². The number of pyridine rings is 1. The molecular weight excluding hydrogens is 370 g/mol. The van der Waals surface area contributed by atoms with Crippen molar-refractivity contribution in [1.29, 1.82) is 0 Å². The minimum Gasteiger partial charge on any atom is -0.345 e. The number of carbonyl (C=O) groups is 3. The second-order valence-corrected chi connectivity index (χ2v) is 7.19. The highest BCUT2D eigenvalue weighted by molar-refractivity contribution is 5.92. The predicted octanol–water partition coefficient (Wildman–Crippen LogP) is 1.83. The zero-order valence-corrected chi connectivity index (χ0v) is 17.0. The average Bonchev–Trinajstić information content (AvgIpc) is 2.61. The van der Waals surface area contributed by atoms with Crippen LogP contribution in [0.2, 0.25) is 0 Å². The van der Waals surface area contributed by atoms with E-state index >= 15 is 0 Å². The smallest absolute Gasteiger partial charge is 0.275 e. The maximum atomic E-state index is 13.7. The molecular formula is C19H28F2N4O3. The molecule has 0 aliphatic heterocycles. The fourth-order valence-electron chi connectivity index (χ4n) is 2.53. The van der Waals surface area contributed by atoms with Crippen molar-refractivity contribution in [3.8, 4) is 0 Å². The molecule has 0 fully saturated rings. The predicted molar refractivity (Wildman–Crippen MR) is 100 cm³/mol. The molecule has 156 valence electrons. The van der Waals surface area contributed by atoms with E-state index in [1.165, 1.54) is 23.8 Å². The van der Waals surface area contributed by atoms with Crippen molar-refractivity contribution >= 4 is 17.7 Å². The van der Waals surface area contributed by atoms with Crippen molar-refractivity contribution in [2.24, 2.45) is 5.92 Å². The first-order chi connectivity index (χ1) is 13.0. The first kappa shape index (κ1) is 23.5. The van der Waals surface area contributed by atoms with Crippen molar-refractivity contribution in [2.75, 3.05) is 27.2 Å². The second-order valence-electron chi connectivity index (χ2n) is 7.19. The third-order valence-corrected chi connectivity index (χ3v) is 4.21. The summed E-state index contributed by atoms with van der Waals surface area (Å²) in [5.74, 6) is -2.79. The van der Waals surface area contributed by atoms with Crippen LogP contribution < -0.4 is 5.32 Å². The van der Waals surface area contributed by atoms with Gasteiger partial charge in [0.05, 0.1) is 6.20 Å². The molecule has 1 aromatic heterocycles. The highest BCUT2D eigenvalue weighted by Crippen LogP contribution is 2.10. The van der Waals surface area contributed by atoms with E-state index in [0.717, 1.165) is 12.6 Å². The quantitative estimate of drug-likeness (QED) is 0.688. The van der Waals surface area contributed by atoms with E-state index in [-0.39, 0.29) is 24.9 Å². The van der Waals surface area contributed by atoms with Crippen LogP contribution >= 0.6 is 0 Å². The molecule has 0 radical (unpaired) electrons. The first-order valence-corrected chi connectivity index (χ1v) is 9.11. The molecule has 1 rings (SSSR count). The van der Waals surface area contributed by atoms with Gasteiger partial charge in [-0.25, -0.2) is 13.8 Å². The number of hydrogen-bond acceptors (Lipinski definition) is 4. The van der Waals surface area contributed by atoms with Crippen molar-refractivity contribution < 1.29 is 23.2 Å². The van der Waals surface area contributed by atoms with Crippen LogP contribution in [0.3, 0.4) is 0 Å². The molecule has 0 aromatic carbocycles. The Kier molecular flexibility index (Phi) is 8.94. The summed E-state index contributed by atoms with van der Waals surface area (Å²) in [6.07, 6.45) is 2.06. The molecule has 1 aromatic rings. The van der Waals surface area contributed by atoms with E-state index in [9.17, 15) is 23.2 Å². The van der Waals surface area contributed by atoms with Gasteiger partial charge in [-0.1, -0.05) is 13.8 Å². The van der Waals surface area contributed by atoms with Crippen molar-refractivity contribution in [3.05, 3.63) is 29.6 Å². The maximum absolute atomic E-state index is 13.7. The van der Waals surface area contributed by atoms with Crippen molar-refractivity contribution in [1.82, 2.24) is 20.1 Å². The number of carbonyl (C=O) groups excluding carboxylic acids is 3. The minimum absolute atomic E-state index is 0.122. The van der Waals surface area contributed by atoms with Gasteiger partial charge in [-0.2, -0.15) is 0 Å². The molecule has 7 nitrogen and oxygen atoms in total. The lowest BCUT2D eigenvalue weighted by Gasteiger charge is -2.26. The molecule has 0 saturated heterocycles. The lowest BCUT2D eigenvalue weighted by molar-refractivity contribution is -0.135. The Morgan fingerprint density at radius 3 is 2.25 bits per heavy atom. The molecule has 0 aliphatic rings. The average molecular weight is 398 g/mol. The molecule has 1 unspecified atom stereocenters. The van der Waals surface area contributed by atoms with Crippen LogP contribution in [0, 0.1) is 17.6 Å². The van der Waals surface area contributed by atoms with Crippen LogP contribution in [0.4, 0.5) is 8.78 Å². The number of aromatic nitrogens is 1. The molecule has 1 N–H and O–H groups in total. The summed E-state index contributed by atoms with van der Waals surface area (Å²) in [4.78, 5) is 42.4. The van der Waals surface area contributed by atoms with Crippen LogP contribution in [0.1, 0.15) is 44.1 Å². The van der Waals surface area contributed by atoms with Gasteiger partial charge in [0, 0.05) is 40.2 Å². The third-order valence-electron chi connectivity index (χ3n) is 4.21. The van der Waals surface area contributed by atoms with E-state index in [0.29, 0.717) is 18.4 Å². The van der Waals surface area contributed by atoms with Crippen LogP contribution in [0.25, 0.3) is 0 Å². The second kappa shape index (κ2) is 10.7. The largest absolute Gasteiger partial charge is 0.345 e. The van der Waals surface area contributed by atoms with E-state index in [1.807, 2.05) is 13.8 Å². The minimum atomic E-state index is -1.04. The summed E-state index contributed by atoms with van der Waals surface area (Å²) in [5, 5.41) is 2.66. The standard InChI is InChI=1S/C19H28F2N4O3/c1-12(2)6-7-16(23-13(3)26)18(27)24(4)8-9-25(5)19(28)17-15(21)10-14(20)11-22-17/h10-12,16H,6-9H2,1-5H3,(H,23,26). The fraction of sp³-hybridized carbons (Fsp3) is 0.579. The zero-order valence-electron chi connectivity index (χ0n) is 17.0. The number of hydrogen-bond donors (Lipinski definition) is 1. The number of halogens is 2. The lowest BCUT2D eigenvalue weighted by Crippen LogP contribution is -2.48. The molecule has 0 saturated carbocycles. The van der Waals surface area contributed by atoms with Gasteiger partial charge >= 0.3 is 0 Å². The maximum Gasteiger partial charge on any atom is 0.275 e. The first-order valence-electron chi connectivity index (χ1n) is 9.11. The van der Waals surface area contributed by atoms with Crippen LogP contribution in [0.15, 0.2) is 12.3 Å². The van der Waals surface area contributed by atoms with E-state index < -0.39 is 29.3 Å². The Balaban J connectivity index is 2.68. The Bertz CT molecular complexity index is 712. The number of nitrogens with one attached hydrogen (secondary N) is 1. The number of rotatable bonds is 9. The van der Waals surface area contributed by atoms with Crippen LogP contribution in [-0.4, -0.2) is 65.7 Å². The highest BCUT2D eigenvalue weighted by Gasteiger charge is 2.24. The molecule has 28 heavy (non-hydrogen) atoms. The molecule has 0 aliphatic carbocycles. The molecule has 1 heterocycles. The summed E-state index contributed by atoms with van der Waals surface area (Å²) in [6.45, 7) is 5.72. The van der Waals surface area contributed by atoms with Crippen LogP contribution in [-0.2, 0) is 9.59 Å². The fourth-order valence-corrected chi connectivity index (χ4v) is 2.53. The van der Waals surface area contributed by atoms with Gasteiger partial charge in [-0.05, 0) is 18.8 Å². The molecule has 3 amide bonds. The number of likely N-dealkylation sites (N-methyl/N-ethyl adjacent to an activating group) is 2. The van der Waals surface area contributed by atoms with Gasteiger partial charge in [0.25, 0.3) is 5.91 Å². The Hall–Kier alpha value is -2.58. The van der Waals surface area contributed by atoms with E-state index in [4.69, 9.17) is 0 Å². The Morgan fingerprint density at radius 1 is 1.11 bits per heavy atom. The zero-order chi connectivity index (χ0) is 21.4. The summed E-state index contributed by atoms with van der Waals surface area (Å²) in [6, 6.07) is -0.0432.